The van der Waals surface area contributed by atoms with Crippen molar-refractivity contribution < 1.29 is 14.7 Å². The summed E-state index contributed by atoms with van der Waals surface area (Å²) in [6.07, 6.45) is 5.59. The Bertz CT molecular complexity index is 496. The van der Waals surface area contributed by atoms with Gasteiger partial charge in [-0.05, 0) is 42.9 Å². The summed E-state index contributed by atoms with van der Waals surface area (Å²) < 4.78 is 0. The van der Waals surface area contributed by atoms with Gasteiger partial charge < -0.3 is 15.7 Å². The molecule has 0 bridgehead atoms. The lowest BCUT2D eigenvalue weighted by molar-refractivity contribution is 0.0696. The van der Waals surface area contributed by atoms with Crippen molar-refractivity contribution in [2.45, 2.75) is 32.1 Å². The summed E-state index contributed by atoms with van der Waals surface area (Å²) in [5.74, 6) is -0.304. The second kappa shape index (κ2) is 7.67. The summed E-state index contributed by atoms with van der Waals surface area (Å²) in [4.78, 5) is 22.5. The Labute approximate surface area is 124 Å². The van der Waals surface area contributed by atoms with Gasteiger partial charge in [0.25, 0.3) is 0 Å². The smallest absolute Gasteiger partial charge is 0.335 e. The third-order valence-corrected chi connectivity index (χ3v) is 3.90. The van der Waals surface area contributed by atoms with Crippen molar-refractivity contribution >= 4 is 12.0 Å². The van der Waals surface area contributed by atoms with Crippen LogP contribution in [0.2, 0.25) is 0 Å². The van der Waals surface area contributed by atoms with E-state index in [-0.39, 0.29) is 11.6 Å². The van der Waals surface area contributed by atoms with Crippen molar-refractivity contribution in [2.75, 3.05) is 13.1 Å². The lowest BCUT2D eigenvalue weighted by Gasteiger charge is -2.11. The quantitative estimate of drug-likeness (QED) is 0.753. The first kappa shape index (κ1) is 15.4. The second-order valence-corrected chi connectivity index (χ2v) is 5.54. The predicted molar refractivity (Wildman–Crippen MR) is 80.5 cm³/mol. The molecule has 2 amide bonds. The van der Waals surface area contributed by atoms with Crippen LogP contribution in [0.25, 0.3) is 0 Å². The van der Waals surface area contributed by atoms with Gasteiger partial charge in [-0.25, -0.2) is 9.59 Å². The molecule has 1 aromatic rings. The zero-order valence-electron chi connectivity index (χ0n) is 12.1. The lowest BCUT2D eigenvalue weighted by Crippen LogP contribution is -2.38. The predicted octanol–water partition coefficient (Wildman–Crippen LogP) is 2.42. The molecule has 2 rings (SSSR count). The summed E-state index contributed by atoms with van der Waals surface area (Å²) in [7, 11) is 0. The topological polar surface area (TPSA) is 78.4 Å². The number of amides is 2. The Morgan fingerprint density at radius 2 is 1.95 bits per heavy atom. The average molecular weight is 290 g/mol. The highest BCUT2D eigenvalue weighted by Gasteiger charge is 2.15. The number of nitrogens with one attached hydrogen (secondary N) is 2. The minimum absolute atomic E-state index is 0.142. The van der Waals surface area contributed by atoms with E-state index in [0.717, 1.165) is 12.1 Å². The third kappa shape index (κ3) is 5.10. The lowest BCUT2D eigenvalue weighted by atomic mass is 10.1. The van der Waals surface area contributed by atoms with Gasteiger partial charge in [-0.3, -0.25) is 0 Å². The summed E-state index contributed by atoms with van der Waals surface area (Å²) in [6.45, 7) is 1.25. The molecule has 5 nitrogen and oxygen atoms in total. The first-order valence-electron chi connectivity index (χ1n) is 7.49. The van der Waals surface area contributed by atoms with E-state index in [1.807, 2.05) is 6.07 Å². The molecule has 3 N–H and O–H groups in total. The Morgan fingerprint density at radius 1 is 1.19 bits per heavy atom. The third-order valence-electron chi connectivity index (χ3n) is 3.90. The zero-order valence-corrected chi connectivity index (χ0v) is 12.1. The van der Waals surface area contributed by atoms with Gasteiger partial charge >= 0.3 is 12.0 Å². The molecule has 0 heterocycles. The molecule has 114 valence electrons. The number of carbonyl (C=O) groups is 2. The first-order valence-corrected chi connectivity index (χ1v) is 7.49. The fraction of sp³-hybridized carbons (Fsp3) is 0.500. The van der Waals surface area contributed by atoms with Crippen molar-refractivity contribution in [3.05, 3.63) is 35.4 Å². The van der Waals surface area contributed by atoms with Gasteiger partial charge in [0.1, 0.15) is 0 Å². The van der Waals surface area contributed by atoms with Crippen LogP contribution in [0.5, 0.6) is 0 Å². The number of carbonyl (C=O) groups excluding carboxylic acids is 1. The minimum atomic E-state index is -0.931. The normalized spacial score (nSPS) is 14.9. The number of hydrogen-bond donors (Lipinski definition) is 3. The van der Waals surface area contributed by atoms with Crippen molar-refractivity contribution in [3.63, 3.8) is 0 Å². The summed E-state index contributed by atoms with van der Waals surface area (Å²) in [5, 5.41) is 14.6. The van der Waals surface area contributed by atoms with Gasteiger partial charge in [-0.1, -0.05) is 25.0 Å². The molecule has 1 aliphatic rings. The number of carboxylic acids is 1. The molecule has 0 atom stereocenters. The Morgan fingerprint density at radius 3 is 2.67 bits per heavy atom. The number of urea groups is 1. The van der Waals surface area contributed by atoms with Gasteiger partial charge in [0.15, 0.2) is 0 Å². The fourth-order valence-electron chi connectivity index (χ4n) is 2.69. The summed E-state index contributed by atoms with van der Waals surface area (Å²) >= 11 is 0. The molecule has 5 heteroatoms. The Hall–Kier alpha value is -2.04. The maximum absolute atomic E-state index is 11.6. The molecule has 1 aliphatic carbocycles. The highest BCUT2D eigenvalue weighted by molar-refractivity contribution is 5.87. The maximum Gasteiger partial charge on any atom is 0.335 e. The van der Waals surface area contributed by atoms with Gasteiger partial charge in [0, 0.05) is 13.1 Å². The van der Waals surface area contributed by atoms with Crippen molar-refractivity contribution in [1.29, 1.82) is 0 Å². The Kier molecular flexibility index (Phi) is 5.60. The molecule has 0 unspecified atom stereocenters. The Balaban J connectivity index is 1.67. The van der Waals surface area contributed by atoms with Crippen LogP contribution in [0.15, 0.2) is 24.3 Å². The van der Waals surface area contributed by atoms with E-state index in [9.17, 15) is 9.59 Å². The van der Waals surface area contributed by atoms with Gasteiger partial charge in [-0.15, -0.1) is 0 Å². The molecule has 1 saturated carbocycles. The molecule has 1 fully saturated rings. The van der Waals surface area contributed by atoms with Crippen LogP contribution in [0.1, 0.15) is 41.6 Å². The molecular formula is C16H22N2O3. The van der Waals surface area contributed by atoms with Crippen LogP contribution >= 0.6 is 0 Å². The van der Waals surface area contributed by atoms with Crippen LogP contribution in [0.3, 0.4) is 0 Å². The summed E-state index contributed by atoms with van der Waals surface area (Å²) in [5.41, 5.74) is 1.18. The van der Waals surface area contributed by atoms with E-state index in [4.69, 9.17) is 5.11 Å². The van der Waals surface area contributed by atoms with E-state index in [1.165, 1.54) is 25.7 Å². The van der Waals surface area contributed by atoms with E-state index in [0.29, 0.717) is 18.9 Å². The number of hydrogen-bond acceptors (Lipinski definition) is 2. The van der Waals surface area contributed by atoms with E-state index in [2.05, 4.69) is 10.6 Å². The molecule has 21 heavy (non-hydrogen) atoms. The maximum atomic E-state index is 11.6. The van der Waals surface area contributed by atoms with Crippen LogP contribution < -0.4 is 10.6 Å². The summed E-state index contributed by atoms with van der Waals surface area (Å²) in [6, 6.07) is 6.65. The van der Waals surface area contributed by atoms with Crippen LogP contribution in [0, 0.1) is 5.92 Å². The zero-order chi connectivity index (χ0) is 15.1. The van der Waals surface area contributed by atoms with Crippen molar-refractivity contribution in [2.24, 2.45) is 5.92 Å². The largest absolute Gasteiger partial charge is 0.478 e. The molecular weight excluding hydrogens is 268 g/mol. The fourth-order valence-corrected chi connectivity index (χ4v) is 2.69. The van der Waals surface area contributed by atoms with E-state index in [1.54, 1.807) is 18.2 Å². The molecule has 1 aromatic carbocycles. The highest BCUT2D eigenvalue weighted by atomic mass is 16.4. The first-order chi connectivity index (χ1) is 10.1. The van der Waals surface area contributed by atoms with Crippen molar-refractivity contribution in [1.82, 2.24) is 10.6 Å². The number of rotatable bonds is 6. The van der Waals surface area contributed by atoms with Crippen LogP contribution in [-0.4, -0.2) is 30.2 Å². The number of aromatic carboxylic acids is 1. The minimum Gasteiger partial charge on any atom is -0.478 e. The molecule has 0 aromatic heterocycles. The van der Waals surface area contributed by atoms with Gasteiger partial charge in [0.2, 0.25) is 0 Å². The van der Waals surface area contributed by atoms with Gasteiger partial charge in [0.05, 0.1) is 5.56 Å². The number of benzene rings is 1. The average Bonchev–Trinajstić information content (AvgIpc) is 2.99. The SMILES string of the molecule is O=C(NCCc1cccc(C(=O)O)c1)NCC1CCCC1. The molecule has 0 aliphatic heterocycles. The van der Waals surface area contributed by atoms with Crippen molar-refractivity contribution in [3.8, 4) is 0 Å². The monoisotopic (exact) mass is 290 g/mol. The highest BCUT2D eigenvalue weighted by Crippen LogP contribution is 2.23. The second-order valence-electron chi connectivity index (χ2n) is 5.54. The standard InChI is InChI=1S/C16H22N2O3/c19-15(20)14-7-3-6-12(10-14)8-9-17-16(21)18-11-13-4-1-2-5-13/h3,6-7,10,13H,1-2,4-5,8-9,11H2,(H,19,20)(H2,17,18,21). The van der Waals surface area contributed by atoms with Crippen LogP contribution in [0.4, 0.5) is 4.79 Å². The molecule has 0 spiro atoms. The van der Waals surface area contributed by atoms with Crippen LogP contribution in [-0.2, 0) is 6.42 Å². The molecule has 0 radical (unpaired) electrons. The van der Waals surface area contributed by atoms with E-state index < -0.39 is 5.97 Å². The van der Waals surface area contributed by atoms with E-state index >= 15 is 0 Å². The van der Waals surface area contributed by atoms with Gasteiger partial charge in [-0.2, -0.15) is 0 Å². The number of carboxylic acid groups (broad SMARTS) is 1. The molecule has 0 saturated heterocycles.